The summed E-state index contributed by atoms with van der Waals surface area (Å²) in [4.78, 5) is 37.8. The van der Waals surface area contributed by atoms with E-state index >= 15 is 0 Å². The largest absolute Gasteiger partial charge is 2.00 e. The zero-order valence-corrected chi connectivity index (χ0v) is 14.9. The number of carboxylic acid groups (broad SMARTS) is 2. The molecule has 2 heterocycles. The number of rotatable bonds is 4. The Labute approximate surface area is 162 Å². The third-order valence-electron chi connectivity index (χ3n) is 1.87. The molecule has 0 amide bonds. The third-order valence-corrected chi connectivity index (χ3v) is 1.87. The Bertz CT molecular complexity index is 541. The topological polar surface area (TPSA) is 265 Å². The van der Waals surface area contributed by atoms with Gasteiger partial charge in [0.25, 0.3) is 0 Å². The fraction of sp³-hybridized carbons (Fsp3) is 0.500. The molecule has 2 aliphatic heterocycles. The molecule has 0 spiro atoms. The summed E-state index contributed by atoms with van der Waals surface area (Å²) in [6, 6.07) is 0. The van der Waals surface area contributed by atoms with Crippen LogP contribution in [0.4, 0.5) is 0 Å². The van der Waals surface area contributed by atoms with E-state index in [-0.39, 0.29) is 48.9 Å². The first-order valence-electron chi connectivity index (χ1n) is 4.59. The molecule has 18 nitrogen and oxygen atoms in total. The van der Waals surface area contributed by atoms with Crippen LogP contribution in [0.5, 0.6) is 0 Å². The van der Waals surface area contributed by atoms with Gasteiger partial charge in [-0.3, -0.25) is 20.2 Å². The van der Waals surface area contributed by atoms with E-state index in [4.69, 9.17) is 0 Å². The Hall–Kier alpha value is -2.29. The van der Waals surface area contributed by atoms with Crippen LogP contribution in [0.25, 0.3) is 0 Å². The first-order valence-corrected chi connectivity index (χ1v) is 4.59. The van der Waals surface area contributed by atoms with Crippen molar-refractivity contribution in [1.82, 2.24) is 0 Å². The molecule has 0 atom stereocenters. The van der Waals surface area contributed by atoms with Crippen LogP contribution in [0, 0.1) is 20.2 Å². The van der Waals surface area contributed by atoms with Crippen LogP contribution in [-0.4, -0.2) is 82.2 Å². The Morgan fingerprint density at radius 3 is 1.00 bits per heavy atom. The maximum atomic E-state index is 10.1. The molecule has 0 aromatic rings. The van der Waals surface area contributed by atoms with Crippen molar-refractivity contribution in [2.24, 2.45) is 41.4 Å². The van der Waals surface area contributed by atoms with Crippen LogP contribution in [0.1, 0.15) is 0 Å². The van der Waals surface area contributed by atoms with Crippen LogP contribution in [-0.2, 0) is 9.59 Å². The summed E-state index contributed by atoms with van der Waals surface area (Å²) in [5.74, 6) is -9.85. The van der Waals surface area contributed by atoms with Crippen molar-refractivity contribution in [3.05, 3.63) is 20.2 Å². The predicted octanol–water partition coefficient (Wildman–Crippen LogP) is -3.38. The van der Waals surface area contributed by atoms with E-state index in [1.165, 1.54) is 0 Å². The number of aliphatic carboxylic acids is 2. The Kier molecular flexibility index (Phi) is 7.04. The predicted molar refractivity (Wildman–Crippen MR) is 54.6 cm³/mol. The second-order valence-electron chi connectivity index (χ2n) is 3.12. The van der Waals surface area contributed by atoms with Crippen LogP contribution >= 0.6 is 0 Å². The van der Waals surface area contributed by atoms with Gasteiger partial charge < -0.3 is 19.8 Å². The summed E-state index contributed by atoms with van der Waals surface area (Å²) < 4.78 is 0. The maximum absolute atomic E-state index is 10.1. The van der Waals surface area contributed by atoms with Crippen molar-refractivity contribution in [2.45, 2.75) is 11.6 Å². The number of nitrogens with zero attached hydrogens (tertiary/aromatic N) is 10. The van der Waals surface area contributed by atoms with Gasteiger partial charge in [-0.25, -0.2) is 0 Å². The van der Waals surface area contributed by atoms with Gasteiger partial charge >= 0.3 is 60.5 Å². The van der Waals surface area contributed by atoms with Crippen LogP contribution in [0.15, 0.2) is 41.4 Å². The molecule has 0 saturated carbocycles. The number of hydrogen-bond acceptors (Lipinski definition) is 16. The van der Waals surface area contributed by atoms with E-state index < -0.39 is 33.4 Å². The number of nitro groups is 2. The van der Waals surface area contributed by atoms with Crippen molar-refractivity contribution in [3.63, 3.8) is 0 Å². The summed E-state index contributed by atoms with van der Waals surface area (Å²) in [5.41, 5.74) is 0. The quantitative estimate of drug-likeness (QED) is 0.235. The normalized spacial score (nSPS) is 17.7. The molecule has 19 heteroatoms. The number of carbonyl (C=O) groups is 2. The molecule has 0 bridgehead atoms. The Morgan fingerprint density at radius 2 is 0.913 bits per heavy atom. The summed E-state index contributed by atoms with van der Waals surface area (Å²) in [7, 11) is 0. The maximum Gasteiger partial charge on any atom is 2.00 e. The first-order chi connectivity index (χ1) is 10.2. The van der Waals surface area contributed by atoms with Crippen molar-refractivity contribution in [2.75, 3.05) is 0 Å². The second kappa shape index (κ2) is 7.82. The van der Waals surface area contributed by atoms with Crippen LogP contribution in [0.2, 0.25) is 0 Å². The fourth-order valence-corrected chi connectivity index (χ4v) is 0.828. The van der Waals surface area contributed by atoms with Crippen molar-refractivity contribution in [3.8, 4) is 0 Å². The van der Waals surface area contributed by atoms with Gasteiger partial charge in [-0.05, 0) is 20.9 Å². The van der Waals surface area contributed by atoms with Gasteiger partial charge in [0.15, 0.2) is 11.9 Å². The molecule has 0 aromatic carbocycles. The van der Waals surface area contributed by atoms with Gasteiger partial charge in [-0.2, -0.15) is 0 Å². The Morgan fingerprint density at radius 1 is 0.696 bits per heavy atom. The van der Waals surface area contributed by atoms with Crippen molar-refractivity contribution < 1.29 is 29.6 Å². The van der Waals surface area contributed by atoms with Gasteiger partial charge in [0, 0.05) is 0 Å². The molecule has 0 fully saturated rings. The molecule has 116 valence electrons. The van der Waals surface area contributed by atoms with Crippen molar-refractivity contribution in [1.29, 1.82) is 0 Å². The minimum atomic E-state index is -2.86. The number of carboxylic acids is 2. The van der Waals surface area contributed by atoms with Gasteiger partial charge in [0.05, 0.1) is 9.85 Å². The molecule has 0 aliphatic carbocycles. The molecule has 23 heavy (non-hydrogen) atoms. The van der Waals surface area contributed by atoms with E-state index in [1.54, 1.807) is 0 Å². The average Bonchev–Trinajstić information content (AvgIpc) is 3.10. The summed E-state index contributed by atoms with van der Waals surface area (Å²) in [6.45, 7) is 0. The summed E-state index contributed by atoms with van der Waals surface area (Å²) >= 11 is 0. The molecule has 0 saturated heterocycles. The van der Waals surface area contributed by atoms with Crippen LogP contribution in [0.3, 0.4) is 0 Å². The molecule has 0 N–H and O–H groups in total. The van der Waals surface area contributed by atoms with Gasteiger partial charge in [-0.1, -0.05) is 20.5 Å². The second-order valence-corrected chi connectivity index (χ2v) is 3.12. The molecule has 0 radical (unpaired) electrons. The van der Waals surface area contributed by atoms with E-state index in [1.807, 2.05) is 0 Å². The van der Waals surface area contributed by atoms with E-state index in [0.717, 1.165) is 0 Å². The average molecular weight is 453 g/mol. The van der Waals surface area contributed by atoms with E-state index in [0.29, 0.717) is 0 Å². The fourth-order valence-electron chi connectivity index (χ4n) is 0.828. The zero-order chi connectivity index (χ0) is 17.0. The molecule has 0 unspecified atom stereocenters. The zero-order valence-electron chi connectivity index (χ0n) is 10.4. The standard InChI is InChI=1S/2C2HN5O4.Ba/c2*8-1(9)2(7(10)11)3-5-6-4-2;/h2*(H,8,9);/q;;+2/p-2. The molecule has 2 rings (SSSR count). The van der Waals surface area contributed by atoms with Gasteiger partial charge in [0.2, 0.25) is 0 Å². The van der Waals surface area contributed by atoms with E-state index in [2.05, 4.69) is 41.4 Å². The Balaban J connectivity index is 0.000000403. The smallest absolute Gasteiger partial charge is 0.540 e. The molecule has 0 aromatic heterocycles. The minimum Gasteiger partial charge on any atom is -0.540 e. The SMILES string of the molecule is O=C([O-])C1([N+](=O)[O-])N=NN=N1.O=C([O-])C1([N+](=O)[O-])N=NN=N1.[Ba+2]. The van der Waals surface area contributed by atoms with Crippen molar-refractivity contribution >= 4 is 60.8 Å². The summed E-state index contributed by atoms with van der Waals surface area (Å²) in [6.07, 6.45) is 0. The first kappa shape index (κ1) is 20.7. The molecule has 2 aliphatic rings. The number of carbonyl (C=O) groups excluding carboxylic acids is 2. The van der Waals surface area contributed by atoms with Crippen LogP contribution < -0.4 is 10.2 Å². The third kappa shape index (κ3) is 3.92. The minimum absolute atomic E-state index is 0. The molecular weight excluding hydrogens is 453 g/mol. The van der Waals surface area contributed by atoms with E-state index in [9.17, 15) is 40.0 Å². The van der Waals surface area contributed by atoms with Gasteiger partial charge in [0.1, 0.15) is 0 Å². The molecular formula is C4BaN10O8. The monoisotopic (exact) mass is 454 g/mol. The van der Waals surface area contributed by atoms with Gasteiger partial charge in [-0.15, -0.1) is 0 Å². The number of hydrogen-bond donors (Lipinski definition) is 0. The summed E-state index contributed by atoms with van der Waals surface area (Å²) in [5, 5.41) is 61.9.